The first-order valence-corrected chi connectivity index (χ1v) is 13.1. The van der Waals surface area contributed by atoms with Gasteiger partial charge in [0, 0.05) is 18.5 Å². The Kier molecular flexibility index (Phi) is 9.78. The Bertz CT molecular complexity index is 1420. The third kappa shape index (κ3) is 8.40. The molecule has 1 aromatic heterocycles. The summed E-state index contributed by atoms with van der Waals surface area (Å²) < 4.78 is 68.4. The monoisotopic (exact) mass is 570 g/mol. The first-order valence-electron chi connectivity index (χ1n) is 13.1. The summed E-state index contributed by atoms with van der Waals surface area (Å²) >= 11 is 0. The average Bonchev–Trinajstić information content (AvgIpc) is 3.32. The maximum absolute atomic E-state index is 13.2. The molecule has 0 fully saturated rings. The Morgan fingerprint density at radius 1 is 0.976 bits per heavy atom. The summed E-state index contributed by atoms with van der Waals surface area (Å²) in [7, 11) is 0. The van der Waals surface area contributed by atoms with Crippen LogP contribution in [-0.4, -0.2) is 30.2 Å². The van der Waals surface area contributed by atoms with Gasteiger partial charge in [-0.05, 0) is 79.9 Å². The highest BCUT2D eigenvalue weighted by Crippen LogP contribution is 2.31. The van der Waals surface area contributed by atoms with Crippen molar-refractivity contribution in [2.24, 2.45) is 0 Å². The van der Waals surface area contributed by atoms with Gasteiger partial charge >= 0.3 is 12.1 Å². The van der Waals surface area contributed by atoms with Crippen LogP contribution in [0.3, 0.4) is 0 Å². The Labute approximate surface area is 235 Å². The molecule has 216 valence electrons. The number of alkyl halides is 3. The van der Waals surface area contributed by atoms with Gasteiger partial charge in [-0.2, -0.15) is 13.2 Å². The first-order chi connectivity index (χ1) is 19.6. The first kappa shape index (κ1) is 29.8. The maximum Gasteiger partial charge on any atom is 0.416 e. The molecule has 41 heavy (non-hydrogen) atoms. The second kappa shape index (κ2) is 13.5. The molecule has 6 nitrogen and oxygen atoms in total. The number of aromatic nitrogens is 1. The standard InChI is InChI=1S/C31H30F4N2O4/c1-3-39-30(38)28(36-19-22-4-12-25(32)13-5-22)18-21-6-14-26(15-7-21)40-17-16-27-20(2)41-29(37-27)23-8-10-24(11-9-23)31(33,34)35/h4-15,28,36H,3,16-19H2,1-2H3/t28-/m0/s1. The van der Waals surface area contributed by atoms with Crippen LogP contribution in [0.2, 0.25) is 0 Å². The number of carbonyl (C=O) groups excluding carboxylic acids is 1. The summed E-state index contributed by atoms with van der Waals surface area (Å²) in [6.07, 6.45) is -3.57. The van der Waals surface area contributed by atoms with Crippen molar-refractivity contribution >= 4 is 5.97 Å². The van der Waals surface area contributed by atoms with Crippen molar-refractivity contribution in [2.45, 2.75) is 45.5 Å². The van der Waals surface area contributed by atoms with Gasteiger partial charge in [0.05, 0.1) is 24.5 Å². The molecule has 0 aliphatic rings. The van der Waals surface area contributed by atoms with Crippen LogP contribution in [0.1, 0.15) is 35.1 Å². The molecule has 0 aliphatic heterocycles. The van der Waals surface area contributed by atoms with Crippen molar-refractivity contribution in [2.75, 3.05) is 13.2 Å². The lowest BCUT2D eigenvalue weighted by molar-refractivity contribution is -0.145. The predicted octanol–water partition coefficient (Wildman–Crippen LogP) is 6.69. The summed E-state index contributed by atoms with van der Waals surface area (Å²) in [6.45, 7) is 4.44. The van der Waals surface area contributed by atoms with E-state index < -0.39 is 17.8 Å². The summed E-state index contributed by atoms with van der Waals surface area (Å²) in [5.74, 6) is 0.757. The Balaban J connectivity index is 1.31. The number of esters is 1. The van der Waals surface area contributed by atoms with Crippen LogP contribution in [0.15, 0.2) is 77.2 Å². The number of hydrogen-bond donors (Lipinski definition) is 1. The zero-order valence-corrected chi connectivity index (χ0v) is 22.6. The minimum atomic E-state index is -4.41. The van der Waals surface area contributed by atoms with E-state index >= 15 is 0 Å². The minimum Gasteiger partial charge on any atom is -0.493 e. The van der Waals surface area contributed by atoms with E-state index in [2.05, 4.69) is 10.3 Å². The fourth-order valence-corrected chi connectivity index (χ4v) is 4.13. The van der Waals surface area contributed by atoms with Crippen molar-refractivity contribution in [3.63, 3.8) is 0 Å². The van der Waals surface area contributed by atoms with Gasteiger partial charge in [-0.1, -0.05) is 24.3 Å². The van der Waals surface area contributed by atoms with Gasteiger partial charge in [0.1, 0.15) is 23.4 Å². The average molecular weight is 571 g/mol. The van der Waals surface area contributed by atoms with Gasteiger partial charge in [-0.3, -0.25) is 4.79 Å². The highest BCUT2D eigenvalue weighted by atomic mass is 19.4. The second-order valence-electron chi connectivity index (χ2n) is 9.36. The lowest BCUT2D eigenvalue weighted by Crippen LogP contribution is -2.39. The van der Waals surface area contributed by atoms with E-state index in [4.69, 9.17) is 13.9 Å². The SMILES string of the molecule is CCOC(=O)[C@H](Cc1ccc(OCCc2nc(-c3ccc(C(F)(F)F)cc3)oc2C)cc1)NCc1ccc(F)cc1. The lowest BCUT2D eigenvalue weighted by Gasteiger charge is -2.18. The summed E-state index contributed by atoms with van der Waals surface area (Å²) in [4.78, 5) is 16.9. The molecule has 0 radical (unpaired) electrons. The molecule has 0 unspecified atom stereocenters. The van der Waals surface area contributed by atoms with E-state index in [1.807, 2.05) is 12.1 Å². The molecule has 0 bridgehead atoms. The number of hydrogen-bond acceptors (Lipinski definition) is 6. The third-order valence-electron chi connectivity index (χ3n) is 6.36. The van der Waals surface area contributed by atoms with Crippen molar-refractivity contribution in [3.05, 3.63) is 107 Å². The number of halogens is 4. The molecule has 0 saturated heterocycles. The Morgan fingerprint density at radius 3 is 2.27 bits per heavy atom. The molecule has 0 spiro atoms. The normalized spacial score (nSPS) is 12.2. The Hall–Kier alpha value is -4.18. The summed E-state index contributed by atoms with van der Waals surface area (Å²) in [5.41, 5.74) is 2.12. The molecular weight excluding hydrogens is 540 g/mol. The number of carbonyl (C=O) groups is 1. The summed E-state index contributed by atoms with van der Waals surface area (Å²) in [5, 5.41) is 3.19. The van der Waals surface area contributed by atoms with Crippen LogP contribution in [-0.2, 0) is 35.1 Å². The summed E-state index contributed by atoms with van der Waals surface area (Å²) in [6, 6.07) is 17.5. The van der Waals surface area contributed by atoms with Gasteiger partial charge in [0.15, 0.2) is 0 Å². The molecule has 0 amide bonds. The molecule has 1 N–H and O–H groups in total. The highest BCUT2D eigenvalue weighted by Gasteiger charge is 2.30. The number of rotatable bonds is 12. The highest BCUT2D eigenvalue weighted by molar-refractivity contribution is 5.76. The molecule has 4 aromatic rings. The zero-order chi connectivity index (χ0) is 29.4. The van der Waals surface area contributed by atoms with Gasteiger partial charge in [-0.25, -0.2) is 9.37 Å². The molecule has 4 rings (SSSR count). The third-order valence-corrected chi connectivity index (χ3v) is 6.36. The van der Waals surface area contributed by atoms with E-state index in [0.717, 1.165) is 23.3 Å². The number of nitrogens with one attached hydrogen (secondary N) is 1. The van der Waals surface area contributed by atoms with Gasteiger partial charge in [-0.15, -0.1) is 0 Å². The topological polar surface area (TPSA) is 73.6 Å². The number of aryl methyl sites for hydroxylation is 1. The van der Waals surface area contributed by atoms with E-state index in [1.54, 1.807) is 38.1 Å². The van der Waals surface area contributed by atoms with E-state index in [-0.39, 0.29) is 24.3 Å². The van der Waals surface area contributed by atoms with Crippen molar-refractivity contribution in [1.29, 1.82) is 0 Å². The second-order valence-corrected chi connectivity index (χ2v) is 9.36. The van der Waals surface area contributed by atoms with Crippen LogP contribution < -0.4 is 10.1 Å². The van der Waals surface area contributed by atoms with Crippen LogP contribution in [0.25, 0.3) is 11.5 Å². The van der Waals surface area contributed by atoms with Crippen LogP contribution in [0, 0.1) is 12.7 Å². The largest absolute Gasteiger partial charge is 0.493 e. The Morgan fingerprint density at radius 2 is 1.63 bits per heavy atom. The molecule has 0 saturated carbocycles. The van der Waals surface area contributed by atoms with Gasteiger partial charge in [0.25, 0.3) is 0 Å². The van der Waals surface area contributed by atoms with E-state index in [0.29, 0.717) is 48.8 Å². The van der Waals surface area contributed by atoms with Crippen molar-refractivity contribution in [1.82, 2.24) is 10.3 Å². The zero-order valence-electron chi connectivity index (χ0n) is 22.6. The fraction of sp³-hybridized carbons (Fsp3) is 0.290. The van der Waals surface area contributed by atoms with Crippen LogP contribution >= 0.6 is 0 Å². The molecule has 3 aromatic carbocycles. The number of ether oxygens (including phenoxy) is 2. The molecule has 10 heteroatoms. The number of oxazole rings is 1. The fourth-order valence-electron chi connectivity index (χ4n) is 4.13. The number of benzene rings is 3. The van der Waals surface area contributed by atoms with Gasteiger partial charge in [0.2, 0.25) is 5.89 Å². The minimum absolute atomic E-state index is 0.250. The molecule has 1 heterocycles. The predicted molar refractivity (Wildman–Crippen MR) is 145 cm³/mol. The molecule has 0 aliphatic carbocycles. The quantitative estimate of drug-likeness (QED) is 0.151. The molecule has 1 atom stereocenters. The smallest absolute Gasteiger partial charge is 0.416 e. The lowest BCUT2D eigenvalue weighted by atomic mass is 10.1. The van der Waals surface area contributed by atoms with Crippen molar-refractivity contribution in [3.8, 4) is 17.2 Å². The van der Waals surface area contributed by atoms with Crippen LogP contribution in [0.5, 0.6) is 5.75 Å². The van der Waals surface area contributed by atoms with Gasteiger partial charge < -0.3 is 19.2 Å². The number of nitrogens with zero attached hydrogens (tertiary/aromatic N) is 1. The van der Waals surface area contributed by atoms with E-state index in [1.165, 1.54) is 24.3 Å². The maximum atomic E-state index is 13.2. The van der Waals surface area contributed by atoms with Crippen LogP contribution in [0.4, 0.5) is 17.6 Å². The van der Waals surface area contributed by atoms with E-state index in [9.17, 15) is 22.4 Å². The molecular formula is C31H30F4N2O4. The van der Waals surface area contributed by atoms with Crippen molar-refractivity contribution < 1.29 is 36.2 Å².